The number of alkyl halides is 3. The summed E-state index contributed by atoms with van der Waals surface area (Å²) in [5.41, 5.74) is -1.37. The number of piperazine rings is 1. The molecule has 11 heteroatoms. The Balaban J connectivity index is 1.26. The third kappa shape index (κ3) is 4.58. The van der Waals surface area contributed by atoms with Crippen molar-refractivity contribution in [2.24, 2.45) is 11.3 Å². The number of aromatic nitrogens is 2. The van der Waals surface area contributed by atoms with E-state index in [9.17, 15) is 18.0 Å². The van der Waals surface area contributed by atoms with Gasteiger partial charge in [0.25, 0.3) is 0 Å². The Kier molecular flexibility index (Phi) is 6.93. The second kappa shape index (κ2) is 9.72. The first-order valence-electron chi connectivity index (χ1n) is 13.0. The van der Waals surface area contributed by atoms with Crippen LogP contribution in [0.3, 0.4) is 0 Å². The monoisotopic (exact) mass is 511 g/mol. The number of methoxy groups -OCH3 is 1. The molecule has 1 saturated carbocycles. The fraction of sp³-hybridized carbons (Fsp3) is 0.800. The topological polar surface area (TPSA) is 79.8 Å². The van der Waals surface area contributed by atoms with Crippen LogP contribution in [0.4, 0.5) is 19.0 Å². The number of carbonyl (C=O) groups is 1. The minimum Gasteiger partial charge on any atom is -0.379 e. The highest BCUT2D eigenvalue weighted by atomic mass is 19.4. The first-order chi connectivity index (χ1) is 17.1. The van der Waals surface area contributed by atoms with Crippen molar-refractivity contribution in [1.82, 2.24) is 20.2 Å². The maximum Gasteiger partial charge on any atom is 0.433 e. The number of nitrogens with one attached hydrogen (secondary N) is 1. The van der Waals surface area contributed by atoms with Gasteiger partial charge in [0, 0.05) is 45.0 Å². The highest BCUT2D eigenvalue weighted by Gasteiger charge is 2.55. The van der Waals surface area contributed by atoms with Gasteiger partial charge in [-0.1, -0.05) is 13.8 Å². The summed E-state index contributed by atoms with van der Waals surface area (Å²) in [7, 11) is 1.71. The van der Waals surface area contributed by atoms with Crippen molar-refractivity contribution in [3.05, 3.63) is 18.1 Å². The van der Waals surface area contributed by atoms with Crippen LogP contribution in [-0.4, -0.2) is 84.5 Å². The zero-order chi connectivity index (χ0) is 25.7. The molecule has 1 N–H and O–H groups in total. The number of amides is 1. The maximum atomic E-state index is 14.0. The van der Waals surface area contributed by atoms with Crippen LogP contribution in [0.15, 0.2) is 12.4 Å². The quantitative estimate of drug-likeness (QED) is 0.629. The third-order valence-corrected chi connectivity index (χ3v) is 8.88. The Bertz CT molecular complexity index is 963. The average molecular weight is 512 g/mol. The lowest BCUT2D eigenvalue weighted by Gasteiger charge is -2.42. The number of rotatable bonds is 6. The summed E-state index contributed by atoms with van der Waals surface area (Å²) in [5, 5.41) is 3.76. The van der Waals surface area contributed by atoms with Gasteiger partial charge in [0.1, 0.15) is 17.8 Å². The Morgan fingerprint density at radius 3 is 2.72 bits per heavy atom. The summed E-state index contributed by atoms with van der Waals surface area (Å²) in [5.74, 6) is 0.670. The molecule has 8 nitrogen and oxygen atoms in total. The smallest absolute Gasteiger partial charge is 0.379 e. The molecule has 2 bridgehead atoms. The Morgan fingerprint density at radius 1 is 1.25 bits per heavy atom. The van der Waals surface area contributed by atoms with Gasteiger partial charge < -0.3 is 24.6 Å². The van der Waals surface area contributed by atoms with Crippen LogP contribution in [0.5, 0.6) is 0 Å². The molecule has 6 unspecified atom stereocenters. The van der Waals surface area contributed by atoms with Gasteiger partial charge >= 0.3 is 6.18 Å². The number of hydrogen-bond acceptors (Lipinski definition) is 7. The molecule has 1 aromatic heterocycles. The fourth-order valence-corrected chi connectivity index (χ4v) is 6.76. The second-order valence-corrected chi connectivity index (χ2v) is 11.1. The van der Waals surface area contributed by atoms with E-state index in [0.717, 1.165) is 44.5 Å². The lowest BCUT2D eigenvalue weighted by Crippen LogP contribution is -2.55. The van der Waals surface area contributed by atoms with E-state index < -0.39 is 17.3 Å². The molecule has 0 radical (unpaired) electrons. The molecular weight excluding hydrogens is 475 g/mol. The highest BCUT2D eigenvalue weighted by molar-refractivity contribution is 5.84. The first kappa shape index (κ1) is 25.7. The minimum atomic E-state index is -4.51. The molecule has 0 spiro atoms. The van der Waals surface area contributed by atoms with E-state index in [1.165, 1.54) is 0 Å². The Labute approximate surface area is 209 Å². The zero-order valence-corrected chi connectivity index (χ0v) is 21.1. The number of likely N-dealkylation sites (tertiary alicyclic amines) is 1. The fourth-order valence-electron chi connectivity index (χ4n) is 6.76. The van der Waals surface area contributed by atoms with Gasteiger partial charge in [0.15, 0.2) is 0 Å². The van der Waals surface area contributed by atoms with Crippen molar-refractivity contribution in [1.29, 1.82) is 0 Å². The lowest BCUT2D eigenvalue weighted by molar-refractivity contribution is -0.146. The molecule has 4 heterocycles. The largest absolute Gasteiger partial charge is 0.433 e. The van der Waals surface area contributed by atoms with Gasteiger partial charge in [0.05, 0.1) is 30.2 Å². The van der Waals surface area contributed by atoms with E-state index in [1.807, 2.05) is 9.80 Å². The summed E-state index contributed by atoms with van der Waals surface area (Å²) >= 11 is 0. The molecule has 4 fully saturated rings. The predicted octanol–water partition coefficient (Wildman–Crippen LogP) is 2.87. The van der Waals surface area contributed by atoms with Crippen molar-refractivity contribution in [2.45, 2.75) is 82.4 Å². The van der Waals surface area contributed by atoms with E-state index >= 15 is 0 Å². The standard InChI is InChI=1S/C25H36F3N5O3/c1-15(2)24(6-4-16(10-24)31-19-5-7-36-13-20(19)35-3)23(34)33-12-17-8-18(33)11-32(17)22-9-21(25(26,27)28)29-14-30-22/h9,14-20,31H,4-8,10-13H2,1-3H3. The number of fused-ring (bicyclic) bond motifs is 2. The maximum absolute atomic E-state index is 14.0. The molecule has 36 heavy (non-hydrogen) atoms. The van der Waals surface area contributed by atoms with Crippen molar-refractivity contribution >= 4 is 11.7 Å². The molecule has 3 saturated heterocycles. The van der Waals surface area contributed by atoms with Gasteiger partial charge in [-0.05, 0) is 38.0 Å². The molecule has 1 amide bonds. The van der Waals surface area contributed by atoms with E-state index in [2.05, 4.69) is 29.1 Å². The van der Waals surface area contributed by atoms with E-state index in [4.69, 9.17) is 9.47 Å². The van der Waals surface area contributed by atoms with Crippen molar-refractivity contribution in [2.75, 3.05) is 38.3 Å². The van der Waals surface area contributed by atoms with Gasteiger partial charge in [-0.3, -0.25) is 4.79 Å². The van der Waals surface area contributed by atoms with E-state index in [0.29, 0.717) is 26.3 Å². The predicted molar refractivity (Wildman–Crippen MR) is 126 cm³/mol. The van der Waals surface area contributed by atoms with Crippen molar-refractivity contribution < 1.29 is 27.4 Å². The Hall–Kier alpha value is -1.98. The summed E-state index contributed by atoms with van der Waals surface area (Å²) in [4.78, 5) is 25.4. The van der Waals surface area contributed by atoms with E-state index in [1.54, 1.807) is 7.11 Å². The summed E-state index contributed by atoms with van der Waals surface area (Å²) in [6.07, 6.45) is 0.682. The lowest BCUT2D eigenvalue weighted by atomic mass is 9.74. The molecule has 200 valence electrons. The van der Waals surface area contributed by atoms with Crippen LogP contribution in [0.2, 0.25) is 0 Å². The van der Waals surface area contributed by atoms with Gasteiger partial charge in [0.2, 0.25) is 5.91 Å². The first-order valence-corrected chi connectivity index (χ1v) is 13.0. The number of anilines is 1. The molecule has 3 aliphatic heterocycles. The van der Waals surface area contributed by atoms with Crippen LogP contribution in [0.25, 0.3) is 0 Å². The van der Waals surface area contributed by atoms with Gasteiger partial charge in [-0.15, -0.1) is 0 Å². The minimum absolute atomic E-state index is 0.0113. The Morgan fingerprint density at radius 2 is 2.06 bits per heavy atom. The second-order valence-electron chi connectivity index (χ2n) is 11.1. The number of ether oxygens (including phenoxy) is 2. The van der Waals surface area contributed by atoms with Crippen LogP contribution in [-0.2, 0) is 20.4 Å². The molecule has 6 atom stereocenters. The summed E-state index contributed by atoms with van der Waals surface area (Å²) in [6.45, 7) is 6.58. The van der Waals surface area contributed by atoms with Crippen LogP contribution in [0, 0.1) is 11.3 Å². The normalized spacial score (nSPS) is 34.7. The van der Waals surface area contributed by atoms with E-state index in [-0.39, 0.29) is 47.9 Å². The van der Waals surface area contributed by atoms with Crippen molar-refractivity contribution in [3.8, 4) is 0 Å². The third-order valence-electron chi connectivity index (χ3n) is 8.88. The highest BCUT2D eigenvalue weighted by Crippen LogP contribution is 2.48. The zero-order valence-electron chi connectivity index (χ0n) is 21.1. The number of carbonyl (C=O) groups excluding carboxylic acids is 1. The SMILES string of the molecule is COC1COCCC1NC1CCC(C(=O)N2CC3CC2CN3c2cc(C(F)(F)F)ncn2)(C(C)C)C1. The number of nitrogens with zero attached hydrogens (tertiary/aromatic N) is 4. The molecule has 1 aliphatic carbocycles. The average Bonchev–Trinajstić information content (AvgIpc) is 3.58. The molecule has 1 aromatic rings. The molecular formula is C25H36F3N5O3. The van der Waals surface area contributed by atoms with Crippen molar-refractivity contribution in [3.63, 3.8) is 0 Å². The van der Waals surface area contributed by atoms with Crippen LogP contribution >= 0.6 is 0 Å². The van der Waals surface area contributed by atoms with Gasteiger partial charge in [-0.2, -0.15) is 13.2 Å². The molecule has 4 aliphatic rings. The summed E-state index contributed by atoms with van der Waals surface area (Å²) in [6, 6.07) is 1.44. The molecule has 5 rings (SSSR count). The van der Waals surface area contributed by atoms with Crippen LogP contribution in [0.1, 0.15) is 51.6 Å². The molecule has 0 aromatic carbocycles. The van der Waals surface area contributed by atoms with Crippen LogP contribution < -0.4 is 10.2 Å². The van der Waals surface area contributed by atoms with Gasteiger partial charge in [-0.25, -0.2) is 9.97 Å². The number of hydrogen-bond donors (Lipinski definition) is 1. The number of halogens is 3. The summed E-state index contributed by atoms with van der Waals surface area (Å²) < 4.78 is 50.6.